The van der Waals surface area contributed by atoms with E-state index in [9.17, 15) is 0 Å². The predicted molar refractivity (Wildman–Crippen MR) is 71.6 cm³/mol. The van der Waals surface area contributed by atoms with Crippen LogP contribution >= 0.6 is 11.6 Å². The Labute approximate surface area is 107 Å². The number of halogens is 1. The van der Waals surface area contributed by atoms with E-state index in [1.54, 1.807) is 6.26 Å². The second-order valence-electron chi connectivity index (χ2n) is 4.08. The SMILES string of the molecule is CCC(Nc1ccc(C)c(Cl)c1)c1ccco1. The molecule has 3 heteroatoms. The van der Waals surface area contributed by atoms with Crippen molar-refractivity contribution >= 4 is 17.3 Å². The van der Waals surface area contributed by atoms with E-state index in [1.165, 1.54) is 0 Å². The van der Waals surface area contributed by atoms with Crippen molar-refractivity contribution in [3.05, 3.63) is 52.9 Å². The number of benzene rings is 1. The third-order valence-electron chi connectivity index (χ3n) is 2.81. The van der Waals surface area contributed by atoms with Gasteiger partial charge < -0.3 is 9.73 Å². The number of rotatable bonds is 4. The van der Waals surface area contributed by atoms with Crippen molar-refractivity contribution in [3.8, 4) is 0 Å². The minimum atomic E-state index is 0.184. The highest BCUT2D eigenvalue weighted by Crippen LogP contribution is 2.26. The largest absolute Gasteiger partial charge is 0.467 e. The molecular weight excluding hydrogens is 234 g/mol. The summed E-state index contributed by atoms with van der Waals surface area (Å²) in [7, 11) is 0. The first-order valence-corrected chi connectivity index (χ1v) is 6.14. The molecular formula is C14H16ClNO. The fourth-order valence-electron chi connectivity index (χ4n) is 1.75. The highest BCUT2D eigenvalue weighted by Gasteiger charge is 2.11. The first-order valence-electron chi connectivity index (χ1n) is 5.76. The Morgan fingerprint density at radius 2 is 2.18 bits per heavy atom. The summed E-state index contributed by atoms with van der Waals surface area (Å²) in [6, 6.07) is 10.1. The van der Waals surface area contributed by atoms with Crippen LogP contribution in [0.2, 0.25) is 5.02 Å². The van der Waals surface area contributed by atoms with Crippen molar-refractivity contribution in [2.75, 3.05) is 5.32 Å². The Hall–Kier alpha value is -1.41. The molecule has 1 aromatic heterocycles. The molecule has 0 aliphatic heterocycles. The van der Waals surface area contributed by atoms with Crippen LogP contribution in [0.3, 0.4) is 0 Å². The lowest BCUT2D eigenvalue weighted by molar-refractivity contribution is 0.474. The third kappa shape index (κ3) is 2.83. The lowest BCUT2D eigenvalue weighted by Crippen LogP contribution is -2.08. The van der Waals surface area contributed by atoms with Gasteiger partial charge in [0.1, 0.15) is 5.76 Å². The van der Waals surface area contributed by atoms with Crippen LogP contribution in [0.15, 0.2) is 41.0 Å². The maximum atomic E-state index is 6.10. The average Bonchev–Trinajstić information content (AvgIpc) is 2.84. The summed E-state index contributed by atoms with van der Waals surface area (Å²) in [6.07, 6.45) is 2.65. The van der Waals surface area contributed by atoms with Crippen molar-refractivity contribution < 1.29 is 4.42 Å². The van der Waals surface area contributed by atoms with Crippen LogP contribution in [0, 0.1) is 6.92 Å². The van der Waals surface area contributed by atoms with Gasteiger partial charge in [-0.25, -0.2) is 0 Å². The van der Waals surface area contributed by atoms with Crippen LogP contribution in [-0.2, 0) is 0 Å². The third-order valence-corrected chi connectivity index (χ3v) is 3.21. The van der Waals surface area contributed by atoms with Gasteiger partial charge in [-0.05, 0) is 43.2 Å². The maximum Gasteiger partial charge on any atom is 0.125 e. The zero-order chi connectivity index (χ0) is 12.3. The van der Waals surface area contributed by atoms with E-state index >= 15 is 0 Å². The van der Waals surface area contributed by atoms with Crippen LogP contribution in [0.4, 0.5) is 5.69 Å². The van der Waals surface area contributed by atoms with Gasteiger partial charge in [0.05, 0.1) is 12.3 Å². The molecule has 0 aliphatic carbocycles. The normalized spacial score (nSPS) is 12.4. The number of hydrogen-bond acceptors (Lipinski definition) is 2. The van der Waals surface area contributed by atoms with E-state index in [0.29, 0.717) is 0 Å². The van der Waals surface area contributed by atoms with Crippen molar-refractivity contribution in [1.29, 1.82) is 0 Å². The highest BCUT2D eigenvalue weighted by molar-refractivity contribution is 6.31. The van der Waals surface area contributed by atoms with Crippen molar-refractivity contribution in [3.63, 3.8) is 0 Å². The molecule has 1 atom stereocenters. The lowest BCUT2D eigenvalue weighted by Gasteiger charge is -2.16. The summed E-state index contributed by atoms with van der Waals surface area (Å²) in [5.74, 6) is 0.948. The first kappa shape index (κ1) is 12.1. The summed E-state index contributed by atoms with van der Waals surface area (Å²) in [5.41, 5.74) is 2.10. The second-order valence-corrected chi connectivity index (χ2v) is 4.49. The van der Waals surface area contributed by atoms with Gasteiger partial charge in [-0.15, -0.1) is 0 Å². The molecule has 0 bridgehead atoms. The van der Waals surface area contributed by atoms with Crippen LogP contribution < -0.4 is 5.32 Å². The molecule has 1 unspecified atom stereocenters. The van der Waals surface area contributed by atoms with E-state index in [2.05, 4.69) is 12.2 Å². The van der Waals surface area contributed by atoms with E-state index < -0.39 is 0 Å². The fraction of sp³-hybridized carbons (Fsp3) is 0.286. The van der Waals surface area contributed by atoms with Gasteiger partial charge in [0.15, 0.2) is 0 Å². The molecule has 0 spiro atoms. The molecule has 2 aromatic rings. The quantitative estimate of drug-likeness (QED) is 0.842. The number of nitrogens with one attached hydrogen (secondary N) is 1. The van der Waals surface area contributed by atoms with Gasteiger partial charge in [0.2, 0.25) is 0 Å². The molecule has 0 saturated carbocycles. The zero-order valence-corrected chi connectivity index (χ0v) is 10.8. The van der Waals surface area contributed by atoms with Gasteiger partial charge in [-0.1, -0.05) is 24.6 Å². The topological polar surface area (TPSA) is 25.2 Å². The fourth-order valence-corrected chi connectivity index (χ4v) is 1.93. The van der Waals surface area contributed by atoms with E-state index in [4.69, 9.17) is 16.0 Å². The van der Waals surface area contributed by atoms with Gasteiger partial charge in [0.25, 0.3) is 0 Å². The minimum Gasteiger partial charge on any atom is -0.467 e. The monoisotopic (exact) mass is 249 g/mol. The standard InChI is InChI=1S/C14H16ClNO/c1-3-13(14-5-4-8-17-14)16-11-7-6-10(2)12(15)9-11/h4-9,13,16H,3H2,1-2H3. The van der Waals surface area contributed by atoms with E-state index in [-0.39, 0.29) is 6.04 Å². The molecule has 90 valence electrons. The summed E-state index contributed by atoms with van der Waals surface area (Å²) in [6.45, 7) is 4.12. The smallest absolute Gasteiger partial charge is 0.125 e. The Kier molecular flexibility index (Phi) is 3.75. The number of furan rings is 1. The summed E-state index contributed by atoms with van der Waals surface area (Å²) < 4.78 is 5.42. The summed E-state index contributed by atoms with van der Waals surface area (Å²) >= 11 is 6.10. The molecule has 1 heterocycles. The molecule has 1 N–H and O–H groups in total. The summed E-state index contributed by atoms with van der Waals surface area (Å²) in [4.78, 5) is 0. The molecule has 2 rings (SSSR count). The van der Waals surface area contributed by atoms with Crippen LogP contribution in [-0.4, -0.2) is 0 Å². The molecule has 17 heavy (non-hydrogen) atoms. The Balaban J connectivity index is 2.16. The maximum absolute atomic E-state index is 6.10. The molecule has 0 radical (unpaired) electrons. The van der Waals surface area contributed by atoms with Crippen LogP contribution in [0.1, 0.15) is 30.7 Å². The lowest BCUT2D eigenvalue weighted by atomic mass is 10.1. The average molecular weight is 250 g/mol. The summed E-state index contributed by atoms with van der Waals surface area (Å²) in [5, 5.41) is 4.20. The molecule has 0 saturated heterocycles. The molecule has 0 fully saturated rings. The number of aryl methyl sites for hydroxylation is 1. The number of anilines is 1. The van der Waals surface area contributed by atoms with Crippen molar-refractivity contribution in [1.82, 2.24) is 0 Å². The van der Waals surface area contributed by atoms with E-state index in [1.807, 2.05) is 37.3 Å². The van der Waals surface area contributed by atoms with Crippen LogP contribution in [0.5, 0.6) is 0 Å². The van der Waals surface area contributed by atoms with E-state index in [0.717, 1.165) is 28.5 Å². The van der Waals surface area contributed by atoms with Gasteiger partial charge in [-0.3, -0.25) is 0 Å². The Morgan fingerprint density at radius 3 is 2.76 bits per heavy atom. The second kappa shape index (κ2) is 5.28. The highest BCUT2D eigenvalue weighted by atomic mass is 35.5. The first-order chi connectivity index (χ1) is 8.20. The minimum absolute atomic E-state index is 0.184. The van der Waals surface area contributed by atoms with Crippen LogP contribution in [0.25, 0.3) is 0 Å². The Morgan fingerprint density at radius 1 is 1.35 bits per heavy atom. The van der Waals surface area contributed by atoms with Crippen molar-refractivity contribution in [2.24, 2.45) is 0 Å². The number of hydrogen-bond donors (Lipinski definition) is 1. The van der Waals surface area contributed by atoms with Crippen molar-refractivity contribution in [2.45, 2.75) is 26.3 Å². The van der Waals surface area contributed by atoms with Gasteiger partial charge >= 0.3 is 0 Å². The molecule has 0 aliphatic rings. The molecule has 0 amide bonds. The zero-order valence-electron chi connectivity index (χ0n) is 10.0. The van der Waals surface area contributed by atoms with Gasteiger partial charge in [0, 0.05) is 10.7 Å². The van der Waals surface area contributed by atoms with Gasteiger partial charge in [-0.2, -0.15) is 0 Å². The predicted octanol–water partition coefficient (Wildman–Crippen LogP) is 4.80. The molecule has 2 nitrogen and oxygen atoms in total. The Bertz CT molecular complexity index is 479. The molecule has 1 aromatic carbocycles.